The summed E-state index contributed by atoms with van der Waals surface area (Å²) >= 11 is 1.21. The van der Waals surface area contributed by atoms with Crippen molar-refractivity contribution >= 4 is 33.7 Å². The van der Waals surface area contributed by atoms with Gasteiger partial charge >= 0.3 is 0 Å². The molecule has 5 N–H and O–H groups in total. The monoisotopic (exact) mass is 267 g/mol. The first-order valence-electron chi connectivity index (χ1n) is 5.91. The lowest BCUT2D eigenvalue weighted by Crippen LogP contribution is -2.20. The van der Waals surface area contributed by atoms with Crippen LogP contribution in [0, 0.1) is 5.92 Å². The number of Topliss-reactive ketones (excluding diaryl/α,β-unsaturated/α-hetero) is 1. The molecule has 0 radical (unpaired) electrons. The van der Waals surface area contributed by atoms with Gasteiger partial charge in [0.1, 0.15) is 5.00 Å². The van der Waals surface area contributed by atoms with Crippen LogP contribution in [0.25, 0.3) is 0 Å². The van der Waals surface area contributed by atoms with Crippen LogP contribution in [0.5, 0.6) is 0 Å². The number of carbonyl (C=O) groups is 2. The van der Waals surface area contributed by atoms with Crippen LogP contribution in [-0.4, -0.2) is 17.7 Å². The van der Waals surface area contributed by atoms with E-state index in [1.165, 1.54) is 31.1 Å². The number of nitrogens with one attached hydrogen (secondary N) is 1. The van der Waals surface area contributed by atoms with Gasteiger partial charge in [-0.2, -0.15) is 0 Å². The van der Waals surface area contributed by atoms with E-state index in [4.69, 9.17) is 11.5 Å². The molecule has 1 amide bonds. The number of carbonyl (C=O) groups excluding carboxylic acids is 2. The van der Waals surface area contributed by atoms with Gasteiger partial charge < -0.3 is 16.8 Å². The standard InChI is InChI=1S/C12H17N3O2S/c1-5(7-3-4-7)15-12-8(11(14)17)9(13)10(18-12)6(2)16/h5,7,15H,3-4,13H2,1-2H3,(H2,14,17). The maximum Gasteiger partial charge on any atom is 0.253 e. The lowest BCUT2D eigenvalue weighted by atomic mass is 10.1. The van der Waals surface area contributed by atoms with E-state index < -0.39 is 5.91 Å². The summed E-state index contributed by atoms with van der Waals surface area (Å²) in [6.45, 7) is 3.49. The van der Waals surface area contributed by atoms with E-state index in [0.717, 1.165) is 0 Å². The summed E-state index contributed by atoms with van der Waals surface area (Å²) < 4.78 is 0. The molecule has 1 unspecified atom stereocenters. The minimum Gasteiger partial charge on any atom is -0.397 e. The van der Waals surface area contributed by atoms with Crippen LogP contribution in [0.2, 0.25) is 0 Å². The number of anilines is 2. The fraction of sp³-hybridized carbons (Fsp3) is 0.500. The minimum absolute atomic E-state index is 0.146. The zero-order chi connectivity index (χ0) is 13.4. The molecule has 1 fully saturated rings. The van der Waals surface area contributed by atoms with Gasteiger partial charge in [0.05, 0.1) is 16.1 Å². The van der Waals surface area contributed by atoms with E-state index in [1.807, 2.05) is 0 Å². The van der Waals surface area contributed by atoms with Gasteiger partial charge in [-0.3, -0.25) is 9.59 Å². The van der Waals surface area contributed by atoms with Crippen LogP contribution in [0.4, 0.5) is 10.7 Å². The third-order valence-corrected chi connectivity index (χ3v) is 4.44. The van der Waals surface area contributed by atoms with Crippen LogP contribution in [0.15, 0.2) is 0 Å². The summed E-state index contributed by atoms with van der Waals surface area (Å²) in [6.07, 6.45) is 2.39. The quantitative estimate of drug-likeness (QED) is 0.709. The molecule has 1 atom stereocenters. The Morgan fingerprint density at radius 3 is 2.50 bits per heavy atom. The van der Waals surface area contributed by atoms with Gasteiger partial charge in [0, 0.05) is 13.0 Å². The van der Waals surface area contributed by atoms with Crippen molar-refractivity contribution in [2.45, 2.75) is 32.7 Å². The van der Waals surface area contributed by atoms with Crippen molar-refractivity contribution in [1.29, 1.82) is 0 Å². The Bertz CT molecular complexity index is 506. The van der Waals surface area contributed by atoms with Crippen molar-refractivity contribution < 1.29 is 9.59 Å². The lowest BCUT2D eigenvalue weighted by molar-refractivity contribution is 0.100. The highest BCUT2D eigenvalue weighted by Gasteiger charge is 2.30. The normalized spacial score (nSPS) is 16.3. The fourth-order valence-electron chi connectivity index (χ4n) is 1.97. The van der Waals surface area contributed by atoms with Crippen molar-refractivity contribution in [1.82, 2.24) is 0 Å². The van der Waals surface area contributed by atoms with Gasteiger partial charge in [0.15, 0.2) is 5.78 Å². The fourth-order valence-corrected chi connectivity index (χ4v) is 3.09. The lowest BCUT2D eigenvalue weighted by Gasteiger charge is -2.13. The minimum atomic E-state index is -0.596. The number of rotatable bonds is 5. The second-order valence-corrected chi connectivity index (χ2v) is 5.76. The number of primary amides is 1. The molecule has 18 heavy (non-hydrogen) atoms. The summed E-state index contributed by atoms with van der Waals surface area (Å²) in [5.74, 6) is -0.108. The third-order valence-electron chi connectivity index (χ3n) is 3.20. The predicted molar refractivity (Wildman–Crippen MR) is 73.1 cm³/mol. The van der Waals surface area contributed by atoms with E-state index >= 15 is 0 Å². The number of thiophene rings is 1. The average Bonchev–Trinajstić information content (AvgIpc) is 3.03. The molecule has 1 aromatic rings. The van der Waals surface area contributed by atoms with Crippen LogP contribution < -0.4 is 16.8 Å². The topological polar surface area (TPSA) is 98.2 Å². The first kappa shape index (κ1) is 12.9. The van der Waals surface area contributed by atoms with E-state index in [0.29, 0.717) is 15.8 Å². The Morgan fingerprint density at radius 2 is 2.06 bits per heavy atom. The second-order valence-electron chi connectivity index (χ2n) is 4.74. The molecule has 1 aliphatic rings. The van der Waals surface area contributed by atoms with Gasteiger partial charge in [-0.1, -0.05) is 0 Å². The zero-order valence-corrected chi connectivity index (χ0v) is 11.3. The molecule has 0 spiro atoms. The molecule has 0 saturated heterocycles. The van der Waals surface area contributed by atoms with Crippen LogP contribution in [-0.2, 0) is 0 Å². The zero-order valence-electron chi connectivity index (χ0n) is 10.4. The Morgan fingerprint density at radius 1 is 1.44 bits per heavy atom. The molecule has 1 heterocycles. The Kier molecular flexibility index (Phi) is 3.30. The molecule has 98 valence electrons. The van der Waals surface area contributed by atoms with Crippen LogP contribution >= 0.6 is 11.3 Å². The smallest absolute Gasteiger partial charge is 0.253 e. The Labute approximate surface area is 110 Å². The molecule has 0 bridgehead atoms. The van der Waals surface area contributed by atoms with Crippen molar-refractivity contribution in [3.05, 3.63) is 10.4 Å². The number of ketones is 1. The molecule has 2 rings (SSSR count). The van der Waals surface area contributed by atoms with Gasteiger partial charge in [-0.25, -0.2) is 0 Å². The Hall–Kier alpha value is -1.56. The summed E-state index contributed by atoms with van der Waals surface area (Å²) in [5, 5.41) is 3.87. The highest BCUT2D eigenvalue weighted by atomic mass is 32.1. The van der Waals surface area contributed by atoms with Gasteiger partial charge in [-0.15, -0.1) is 11.3 Å². The van der Waals surface area contributed by atoms with E-state index in [1.54, 1.807) is 0 Å². The first-order chi connectivity index (χ1) is 8.41. The molecule has 0 aromatic carbocycles. The summed E-state index contributed by atoms with van der Waals surface area (Å²) in [4.78, 5) is 23.3. The largest absolute Gasteiger partial charge is 0.397 e. The van der Waals surface area contributed by atoms with Gasteiger partial charge in [0.25, 0.3) is 5.91 Å². The second kappa shape index (κ2) is 4.61. The highest BCUT2D eigenvalue weighted by molar-refractivity contribution is 7.19. The summed E-state index contributed by atoms with van der Waals surface area (Å²) in [5.41, 5.74) is 11.6. The predicted octanol–water partition coefficient (Wildman–Crippen LogP) is 1.84. The molecule has 6 heteroatoms. The number of nitrogens with two attached hydrogens (primary N) is 2. The SMILES string of the molecule is CC(=O)c1sc(NC(C)C2CC2)c(C(N)=O)c1N. The third kappa shape index (κ3) is 2.33. The van der Waals surface area contributed by atoms with Crippen LogP contribution in [0.1, 0.15) is 46.7 Å². The molecule has 1 saturated carbocycles. The first-order valence-corrected chi connectivity index (χ1v) is 6.73. The Balaban J connectivity index is 2.35. The summed E-state index contributed by atoms with van der Waals surface area (Å²) in [7, 11) is 0. The number of hydrogen-bond acceptors (Lipinski definition) is 5. The van der Waals surface area contributed by atoms with E-state index in [-0.39, 0.29) is 23.1 Å². The van der Waals surface area contributed by atoms with E-state index in [9.17, 15) is 9.59 Å². The number of amides is 1. The maximum atomic E-state index is 11.4. The molecule has 0 aliphatic heterocycles. The van der Waals surface area contributed by atoms with Gasteiger partial charge in [-0.05, 0) is 25.7 Å². The molecular weight excluding hydrogens is 250 g/mol. The summed E-state index contributed by atoms with van der Waals surface area (Å²) in [6, 6.07) is 0.265. The highest BCUT2D eigenvalue weighted by Crippen LogP contribution is 2.39. The number of nitrogen functional groups attached to an aromatic ring is 1. The molecule has 1 aliphatic carbocycles. The van der Waals surface area contributed by atoms with Gasteiger partial charge in [0.2, 0.25) is 0 Å². The van der Waals surface area contributed by atoms with Crippen molar-refractivity contribution in [2.24, 2.45) is 11.7 Å². The molecular formula is C12H17N3O2S. The van der Waals surface area contributed by atoms with Crippen molar-refractivity contribution in [3.8, 4) is 0 Å². The number of hydrogen-bond donors (Lipinski definition) is 3. The molecule has 1 aromatic heterocycles. The van der Waals surface area contributed by atoms with Crippen molar-refractivity contribution in [2.75, 3.05) is 11.1 Å². The molecule has 5 nitrogen and oxygen atoms in total. The average molecular weight is 267 g/mol. The van der Waals surface area contributed by atoms with Crippen LogP contribution in [0.3, 0.4) is 0 Å². The maximum absolute atomic E-state index is 11.4. The van der Waals surface area contributed by atoms with Crippen molar-refractivity contribution in [3.63, 3.8) is 0 Å². The van der Waals surface area contributed by atoms with E-state index in [2.05, 4.69) is 12.2 Å².